The van der Waals surface area contributed by atoms with Crippen molar-refractivity contribution in [2.75, 3.05) is 24.5 Å². The van der Waals surface area contributed by atoms with E-state index in [1.165, 1.54) is 17.0 Å². The van der Waals surface area contributed by atoms with Crippen LogP contribution in [0.1, 0.15) is 12.0 Å². The van der Waals surface area contributed by atoms with Gasteiger partial charge < -0.3 is 14.5 Å². The predicted octanol–water partition coefficient (Wildman–Crippen LogP) is 2.78. The molecule has 2 saturated heterocycles. The number of nitrogens with zero attached hydrogens (tertiary/aromatic N) is 2. The standard InChI is InChI=1S/C21H21FN2O3/c1-14-5-2-3-8-19(14)27-18-12-23(13-18)21(26)15-9-20(25)24(11-15)17-7-4-6-16(22)10-17/h2-8,10,15,18H,9,11-13H2,1H3/t15-/m0/s1. The molecule has 0 unspecified atom stereocenters. The maximum Gasteiger partial charge on any atom is 0.228 e. The number of ether oxygens (including phenoxy) is 1. The molecule has 2 amide bonds. The van der Waals surface area contributed by atoms with Crippen LogP contribution in [-0.2, 0) is 9.59 Å². The van der Waals surface area contributed by atoms with Gasteiger partial charge in [-0.3, -0.25) is 9.59 Å². The molecule has 0 radical (unpaired) electrons. The summed E-state index contributed by atoms with van der Waals surface area (Å²) >= 11 is 0. The van der Waals surface area contributed by atoms with Crippen molar-refractivity contribution in [1.29, 1.82) is 0 Å². The fraction of sp³-hybridized carbons (Fsp3) is 0.333. The van der Waals surface area contributed by atoms with E-state index >= 15 is 0 Å². The Hall–Kier alpha value is -2.89. The normalized spacial score (nSPS) is 19.9. The van der Waals surface area contributed by atoms with Crippen LogP contribution in [0.5, 0.6) is 5.75 Å². The van der Waals surface area contributed by atoms with Gasteiger partial charge in [-0.15, -0.1) is 0 Å². The SMILES string of the molecule is Cc1ccccc1OC1CN(C(=O)[C@H]2CC(=O)N(c3cccc(F)c3)C2)C1. The Morgan fingerprint density at radius 1 is 1.11 bits per heavy atom. The summed E-state index contributed by atoms with van der Waals surface area (Å²) in [6.07, 6.45) is 0.140. The zero-order chi connectivity index (χ0) is 19.0. The van der Waals surface area contributed by atoms with E-state index in [2.05, 4.69) is 0 Å². The second-order valence-electron chi connectivity index (χ2n) is 7.13. The molecule has 5 nitrogen and oxygen atoms in total. The first-order valence-corrected chi connectivity index (χ1v) is 9.08. The molecule has 0 aliphatic carbocycles. The number of hydrogen-bond acceptors (Lipinski definition) is 3. The van der Waals surface area contributed by atoms with E-state index < -0.39 is 5.82 Å². The highest BCUT2D eigenvalue weighted by atomic mass is 19.1. The van der Waals surface area contributed by atoms with Gasteiger partial charge in [0.15, 0.2) is 0 Å². The highest BCUT2D eigenvalue weighted by Gasteiger charge is 2.41. The summed E-state index contributed by atoms with van der Waals surface area (Å²) < 4.78 is 19.4. The zero-order valence-corrected chi connectivity index (χ0v) is 15.1. The van der Waals surface area contributed by atoms with E-state index in [0.29, 0.717) is 25.3 Å². The third-order valence-electron chi connectivity index (χ3n) is 5.14. The van der Waals surface area contributed by atoms with Gasteiger partial charge in [0.05, 0.1) is 19.0 Å². The van der Waals surface area contributed by atoms with Crippen LogP contribution in [0.2, 0.25) is 0 Å². The minimum absolute atomic E-state index is 0.0218. The Kier molecular flexibility index (Phi) is 4.56. The minimum Gasteiger partial charge on any atom is -0.486 e. The molecule has 2 aliphatic heterocycles. The van der Waals surface area contributed by atoms with Crippen LogP contribution in [0.4, 0.5) is 10.1 Å². The number of aryl methyl sites for hydroxylation is 1. The molecule has 2 fully saturated rings. The lowest BCUT2D eigenvalue weighted by Crippen LogP contribution is -2.57. The van der Waals surface area contributed by atoms with Crippen LogP contribution in [-0.4, -0.2) is 42.5 Å². The van der Waals surface area contributed by atoms with Crippen LogP contribution < -0.4 is 9.64 Å². The second-order valence-corrected chi connectivity index (χ2v) is 7.13. The highest BCUT2D eigenvalue weighted by molar-refractivity contribution is 6.00. The Balaban J connectivity index is 1.34. The second kappa shape index (κ2) is 7.02. The van der Waals surface area contributed by atoms with E-state index in [-0.39, 0.29) is 30.3 Å². The minimum atomic E-state index is -0.394. The number of amides is 2. The summed E-state index contributed by atoms with van der Waals surface area (Å²) in [6.45, 7) is 3.33. The first-order valence-electron chi connectivity index (χ1n) is 9.08. The van der Waals surface area contributed by atoms with Crippen LogP contribution in [0.3, 0.4) is 0 Å². The topological polar surface area (TPSA) is 49.9 Å². The van der Waals surface area contributed by atoms with Crippen molar-refractivity contribution in [3.8, 4) is 5.75 Å². The van der Waals surface area contributed by atoms with Crippen molar-refractivity contribution in [1.82, 2.24) is 4.90 Å². The largest absolute Gasteiger partial charge is 0.486 e. The van der Waals surface area contributed by atoms with Gasteiger partial charge in [0.1, 0.15) is 17.7 Å². The Morgan fingerprint density at radius 3 is 2.63 bits per heavy atom. The van der Waals surface area contributed by atoms with E-state index in [1.807, 2.05) is 31.2 Å². The third-order valence-corrected chi connectivity index (χ3v) is 5.14. The molecule has 0 spiro atoms. The summed E-state index contributed by atoms with van der Waals surface area (Å²) in [5.74, 6) is -0.129. The summed E-state index contributed by atoms with van der Waals surface area (Å²) in [7, 11) is 0. The molecule has 0 N–H and O–H groups in total. The lowest BCUT2D eigenvalue weighted by molar-refractivity contribution is -0.144. The van der Waals surface area contributed by atoms with Gasteiger partial charge in [0.2, 0.25) is 11.8 Å². The Bertz CT molecular complexity index is 879. The van der Waals surface area contributed by atoms with Crippen LogP contribution >= 0.6 is 0 Å². The molecule has 4 rings (SSSR count). The highest BCUT2D eigenvalue weighted by Crippen LogP contribution is 2.29. The maximum absolute atomic E-state index is 13.4. The maximum atomic E-state index is 13.4. The molecule has 0 saturated carbocycles. The quantitative estimate of drug-likeness (QED) is 0.834. The molecule has 2 aromatic rings. The average Bonchev–Trinajstić information content (AvgIpc) is 3.00. The predicted molar refractivity (Wildman–Crippen MR) is 99.0 cm³/mol. The summed E-state index contributed by atoms with van der Waals surface area (Å²) in [5, 5.41) is 0. The summed E-state index contributed by atoms with van der Waals surface area (Å²) in [4.78, 5) is 28.2. The van der Waals surface area contributed by atoms with Gasteiger partial charge in [0.25, 0.3) is 0 Å². The Morgan fingerprint density at radius 2 is 1.89 bits per heavy atom. The number of rotatable bonds is 4. The molecule has 2 aromatic carbocycles. The number of benzene rings is 2. The number of anilines is 1. The van der Waals surface area contributed by atoms with Crippen molar-refractivity contribution in [2.24, 2.45) is 5.92 Å². The molecule has 140 valence electrons. The molecule has 1 atom stereocenters. The molecule has 27 heavy (non-hydrogen) atoms. The smallest absolute Gasteiger partial charge is 0.228 e. The van der Waals surface area contributed by atoms with Crippen LogP contribution in [0.25, 0.3) is 0 Å². The summed E-state index contributed by atoms with van der Waals surface area (Å²) in [6, 6.07) is 13.7. The van der Waals surface area contributed by atoms with Gasteiger partial charge in [-0.25, -0.2) is 4.39 Å². The summed E-state index contributed by atoms with van der Waals surface area (Å²) in [5.41, 5.74) is 1.56. The van der Waals surface area contributed by atoms with Gasteiger partial charge in [-0.1, -0.05) is 24.3 Å². The monoisotopic (exact) mass is 368 g/mol. The Labute approximate surface area is 157 Å². The van der Waals surface area contributed by atoms with E-state index in [4.69, 9.17) is 4.74 Å². The fourth-order valence-corrected chi connectivity index (χ4v) is 3.59. The van der Waals surface area contributed by atoms with Crippen LogP contribution in [0.15, 0.2) is 48.5 Å². The average molecular weight is 368 g/mol. The molecular weight excluding hydrogens is 347 g/mol. The van der Waals surface area contributed by atoms with Crippen molar-refractivity contribution >= 4 is 17.5 Å². The van der Waals surface area contributed by atoms with Crippen molar-refractivity contribution in [2.45, 2.75) is 19.4 Å². The lowest BCUT2D eigenvalue weighted by Gasteiger charge is -2.40. The number of likely N-dealkylation sites (tertiary alicyclic amines) is 1. The molecule has 2 aliphatic rings. The van der Waals surface area contributed by atoms with Gasteiger partial charge in [0, 0.05) is 18.7 Å². The number of hydrogen-bond donors (Lipinski definition) is 0. The molecule has 2 heterocycles. The molecular formula is C21H21FN2O3. The number of halogens is 1. The van der Waals surface area contributed by atoms with Crippen LogP contribution in [0, 0.1) is 18.7 Å². The van der Waals surface area contributed by atoms with E-state index in [9.17, 15) is 14.0 Å². The molecule has 6 heteroatoms. The molecule has 0 aromatic heterocycles. The van der Waals surface area contributed by atoms with Crippen molar-refractivity contribution in [3.05, 3.63) is 59.9 Å². The van der Waals surface area contributed by atoms with Crippen molar-refractivity contribution < 1.29 is 18.7 Å². The molecule has 0 bridgehead atoms. The third kappa shape index (κ3) is 3.52. The first-order chi connectivity index (χ1) is 13.0. The van der Waals surface area contributed by atoms with E-state index in [1.54, 1.807) is 17.0 Å². The van der Waals surface area contributed by atoms with Gasteiger partial charge >= 0.3 is 0 Å². The van der Waals surface area contributed by atoms with Gasteiger partial charge in [-0.2, -0.15) is 0 Å². The number of para-hydroxylation sites is 1. The lowest BCUT2D eigenvalue weighted by atomic mass is 10.0. The number of carbonyl (C=O) groups is 2. The van der Waals surface area contributed by atoms with Crippen molar-refractivity contribution in [3.63, 3.8) is 0 Å². The zero-order valence-electron chi connectivity index (χ0n) is 15.1. The number of carbonyl (C=O) groups excluding carboxylic acids is 2. The first kappa shape index (κ1) is 17.5. The van der Waals surface area contributed by atoms with E-state index in [0.717, 1.165) is 11.3 Å². The van der Waals surface area contributed by atoms with Gasteiger partial charge in [-0.05, 0) is 36.8 Å². The fourth-order valence-electron chi connectivity index (χ4n) is 3.59.